The van der Waals surface area contributed by atoms with Gasteiger partial charge in [-0.25, -0.2) is 0 Å². The van der Waals surface area contributed by atoms with E-state index < -0.39 is 18.0 Å². The zero-order valence-corrected chi connectivity index (χ0v) is 58.9. The van der Waals surface area contributed by atoms with Crippen molar-refractivity contribution >= 4 is 5.97 Å². The Kier molecular flexibility index (Phi) is 65.3. The van der Waals surface area contributed by atoms with Gasteiger partial charge < -0.3 is 14.9 Å². The summed E-state index contributed by atoms with van der Waals surface area (Å²) in [5.74, 6) is 0.124. The monoisotopic (exact) mass is 1200 g/mol. The zero-order valence-electron chi connectivity index (χ0n) is 58.9. The van der Waals surface area contributed by atoms with Gasteiger partial charge in [0, 0.05) is 0 Å². The van der Waals surface area contributed by atoms with Gasteiger partial charge in [0.05, 0.1) is 24.2 Å². The average molecular weight is 1200 g/mol. The normalized spacial score (nSPS) is 15.8. The Balaban J connectivity index is 1.76. The van der Waals surface area contributed by atoms with Crippen LogP contribution in [0.5, 0.6) is 0 Å². The minimum atomic E-state index is -0.801. The molecule has 1 fully saturated rings. The van der Waals surface area contributed by atoms with Crippen molar-refractivity contribution in [2.75, 3.05) is 0 Å². The van der Waals surface area contributed by atoms with Gasteiger partial charge in [-0.05, 0) is 56.8 Å². The molecule has 2 N–H and O–H groups in total. The summed E-state index contributed by atoms with van der Waals surface area (Å²) in [4.78, 5) is 11.9. The van der Waals surface area contributed by atoms with Gasteiger partial charge >= 0.3 is 5.97 Å². The number of carboxylic acids is 1. The maximum absolute atomic E-state index is 11.9. The second kappa shape index (κ2) is 67.5. The molecule has 0 aliphatic carbocycles. The molecule has 0 aromatic rings. The number of hydrogen-bond acceptors (Lipinski definition) is 3. The Labute approximate surface area is 535 Å². The molecule has 0 aromatic heterocycles. The molecule has 1 aliphatic heterocycles. The highest BCUT2D eigenvalue weighted by Crippen LogP contribution is 2.36. The van der Waals surface area contributed by atoms with E-state index in [9.17, 15) is 15.0 Å². The van der Waals surface area contributed by atoms with Crippen LogP contribution in [0.3, 0.4) is 0 Å². The predicted octanol–water partition coefficient (Wildman–Crippen LogP) is 28.2. The Hall–Kier alpha value is -0.870. The Bertz CT molecular complexity index is 1310. The van der Waals surface area contributed by atoms with Crippen LogP contribution in [0, 0.1) is 17.8 Å². The lowest BCUT2D eigenvalue weighted by Gasteiger charge is -2.19. The number of aliphatic hydroxyl groups is 1. The summed E-state index contributed by atoms with van der Waals surface area (Å²) < 4.78 is 6.14. The molecule has 4 heteroatoms. The van der Waals surface area contributed by atoms with Crippen LogP contribution in [0.15, 0.2) is 12.2 Å². The van der Waals surface area contributed by atoms with Gasteiger partial charge in [0.15, 0.2) is 0 Å². The summed E-state index contributed by atoms with van der Waals surface area (Å²) in [6.07, 6.45) is 97.9. The van der Waals surface area contributed by atoms with Crippen LogP contribution in [-0.4, -0.2) is 34.5 Å². The standard InChI is InChI=1S/C81H158O4/c1-5-7-9-11-13-15-17-19-21-22-23-24-27-31-35-42-48-54-60-66-72-77(81(83)84)78(82)73-67-61-55-49-43-36-32-28-25-26-30-33-39-45-51-57-63-69-75(3)70-64-58-52-46-40-37-38-44-50-56-62-68-74-79-80(85-79)76(4)71-65-59-53-47-41-34-29-20-18-16-14-12-10-8-6-2/h64,70,75-80,82H,5-63,65-69,71-74H2,1-4H3,(H,83,84)/b70-64+/t75-,76-,77-,78-,79+,80+/m1/s1. The fourth-order valence-electron chi connectivity index (χ4n) is 14.1. The minimum absolute atomic E-state index is 0.580. The molecule has 1 heterocycles. The van der Waals surface area contributed by atoms with Gasteiger partial charge in [0.2, 0.25) is 0 Å². The second-order valence-electron chi connectivity index (χ2n) is 29.0. The largest absolute Gasteiger partial charge is 0.481 e. The highest BCUT2D eigenvalue weighted by molar-refractivity contribution is 5.70. The molecule has 0 bridgehead atoms. The van der Waals surface area contributed by atoms with E-state index in [1.807, 2.05) is 0 Å². The number of aliphatic hydroxyl groups excluding tert-OH is 1. The molecule has 0 amide bonds. The van der Waals surface area contributed by atoms with Crippen LogP contribution >= 0.6 is 0 Å². The third-order valence-corrected chi connectivity index (χ3v) is 20.3. The van der Waals surface area contributed by atoms with Crippen LogP contribution in [0.25, 0.3) is 0 Å². The first-order valence-electron chi connectivity index (χ1n) is 40.1. The van der Waals surface area contributed by atoms with Crippen LogP contribution < -0.4 is 0 Å². The van der Waals surface area contributed by atoms with Crippen molar-refractivity contribution in [1.29, 1.82) is 0 Å². The molecule has 6 atom stereocenters. The van der Waals surface area contributed by atoms with Crippen LogP contribution in [-0.2, 0) is 9.53 Å². The smallest absolute Gasteiger partial charge is 0.309 e. The highest BCUT2D eigenvalue weighted by atomic mass is 16.6. The van der Waals surface area contributed by atoms with Crippen molar-refractivity contribution in [2.45, 2.75) is 483 Å². The lowest BCUT2D eigenvalue weighted by atomic mass is 9.91. The molecule has 506 valence electrons. The van der Waals surface area contributed by atoms with E-state index in [4.69, 9.17) is 4.74 Å². The molecule has 85 heavy (non-hydrogen) atoms. The number of aliphatic carboxylic acids is 1. The highest BCUT2D eigenvalue weighted by Gasteiger charge is 2.41. The number of rotatable bonds is 74. The predicted molar refractivity (Wildman–Crippen MR) is 379 cm³/mol. The Morgan fingerprint density at radius 2 is 0.600 bits per heavy atom. The topological polar surface area (TPSA) is 70.1 Å². The fraction of sp³-hybridized carbons (Fsp3) is 0.963. The molecule has 0 radical (unpaired) electrons. The molecule has 0 aromatic carbocycles. The van der Waals surface area contributed by atoms with Crippen molar-refractivity contribution < 1.29 is 19.7 Å². The molecular weight excluding hydrogens is 1040 g/mol. The molecule has 0 spiro atoms. The minimum Gasteiger partial charge on any atom is -0.481 e. The van der Waals surface area contributed by atoms with E-state index in [2.05, 4.69) is 39.8 Å². The van der Waals surface area contributed by atoms with Crippen molar-refractivity contribution in [3.05, 3.63) is 12.2 Å². The fourth-order valence-corrected chi connectivity index (χ4v) is 14.1. The third-order valence-electron chi connectivity index (χ3n) is 20.3. The summed E-state index contributed by atoms with van der Waals surface area (Å²) in [6, 6.07) is 0. The summed E-state index contributed by atoms with van der Waals surface area (Å²) in [5.41, 5.74) is 0. The zero-order chi connectivity index (χ0) is 61.2. The summed E-state index contributed by atoms with van der Waals surface area (Å²) in [5, 5.41) is 20.5. The first kappa shape index (κ1) is 82.1. The van der Waals surface area contributed by atoms with E-state index in [-0.39, 0.29) is 0 Å². The van der Waals surface area contributed by atoms with Gasteiger partial charge in [-0.1, -0.05) is 432 Å². The molecule has 1 aliphatic rings. The van der Waals surface area contributed by atoms with Crippen LogP contribution in [0.2, 0.25) is 0 Å². The van der Waals surface area contributed by atoms with E-state index in [1.165, 1.54) is 398 Å². The van der Waals surface area contributed by atoms with E-state index in [1.54, 1.807) is 0 Å². The van der Waals surface area contributed by atoms with Crippen LogP contribution in [0.1, 0.15) is 464 Å². The van der Waals surface area contributed by atoms with Gasteiger partial charge in [-0.15, -0.1) is 0 Å². The lowest BCUT2D eigenvalue weighted by molar-refractivity contribution is -0.146. The maximum Gasteiger partial charge on any atom is 0.309 e. The Morgan fingerprint density at radius 1 is 0.341 bits per heavy atom. The third kappa shape index (κ3) is 60.5. The van der Waals surface area contributed by atoms with Crippen molar-refractivity contribution in [2.24, 2.45) is 17.8 Å². The number of carboxylic acid groups (broad SMARTS) is 1. The number of carbonyl (C=O) groups is 1. The lowest BCUT2D eigenvalue weighted by Crippen LogP contribution is -2.28. The van der Waals surface area contributed by atoms with E-state index in [0.717, 1.165) is 37.5 Å². The summed E-state index contributed by atoms with van der Waals surface area (Å²) in [6.45, 7) is 9.48. The Morgan fingerprint density at radius 3 is 0.918 bits per heavy atom. The van der Waals surface area contributed by atoms with Gasteiger partial charge in [-0.3, -0.25) is 4.79 Å². The number of unbranched alkanes of at least 4 members (excludes halogenated alkanes) is 59. The van der Waals surface area contributed by atoms with E-state index >= 15 is 0 Å². The quantitative estimate of drug-likeness (QED) is 0.0362. The average Bonchev–Trinajstić information content (AvgIpc) is 4.33. The van der Waals surface area contributed by atoms with Crippen molar-refractivity contribution in [1.82, 2.24) is 0 Å². The SMILES string of the molecule is CCCCCCCCCCCCCCCCCCCCCC[C@@H](C(=O)O)[C@H](O)CCCCCCCCCCCCCCCCCCC[C@@H](C)/C=C/CCCCCCCCCCCC[C@@H]1O[C@H]1[C@H](C)CCCCCCCCCCCCCCCCC. The molecule has 1 rings (SSSR count). The number of hydrogen-bond donors (Lipinski definition) is 2. The molecular formula is C81H158O4. The molecule has 0 saturated carbocycles. The van der Waals surface area contributed by atoms with Crippen molar-refractivity contribution in [3.63, 3.8) is 0 Å². The van der Waals surface area contributed by atoms with Gasteiger partial charge in [0.1, 0.15) is 0 Å². The molecule has 1 saturated heterocycles. The van der Waals surface area contributed by atoms with Crippen LogP contribution in [0.4, 0.5) is 0 Å². The molecule has 4 nitrogen and oxygen atoms in total. The summed E-state index contributed by atoms with van der Waals surface area (Å²) in [7, 11) is 0. The maximum atomic E-state index is 11.9. The first-order chi connectivity index (χ1) is 41.9. The summed E-state index contributed by atoms with van der Waals surface area (Å²) >= 11 is 0. The first-order valence-corrected chi connectivity index (χ1v) is 40.1. The number of ether oxygens (including phenoxy) is 1. The van der Waals surface area contributed by atoms with Crippen molar-refractivity contribution in [3.8, 4) is 0 Å². The van der Waals surface area contributed by atoms with Gasteiger partial charge in [-0.2, -0.15) is 0 Å². The molecule has 0 unspecified atom stereocenters. The number of epoxide rings is 1. The number of allylic oxidation sites excluding steroid dienone is 2. The van der Waals surface area contributed by atoms with Gasteiger partial charge in [0.25, 0.3) is 0 Å². The van der Waals surface area contributed by atoms with E-state index in [0.29, 0.717) is 25.0 Å². The second-order valence-corrected chi connectivity index (χ2v) is 29.0.